The van der Waals surface area contributed by atoms with Crippen LogP contribution < -0.4 is 10.5 Å². The van der Waals surface area contributed by atoms with Gasteiger partial charge in [-0.05, 0) is 42.2 Å². The zero-order valence-electron chi connectivity index (χ0n) is 12.1. The second kappa shape index (κ2) is 6.15. The average Bonchev–Trinajstić information content (AvgIpc) is 2.50. The van der Waals surface area contributed by atoms with Crippen LogP contribution in [0.25, 0.3) is 5.57 Å². The van der Waals surface area contributed by atoms with Crippen molar-refractivity contribution < 1.29 is 0 Å². The first-order chi connectivity index (χ1) is 10.6. The molecule has 114 valence electrons. The highest BCUT2D eigenvalue weighted by Gasteiger charge is 2.18. The highest BCUT2D eigenvalue weighted by Crippen LogP contribution is 2.30. The van der Waals surface area contributed by atoms with E-state index in [2.05, 4.69) is 34.2 Å². The molecule has 0 atom stereocenters. The number of hydrogen-bond acceptors (Lipinski definition) is 3. The molecule has 0 aliphatic carbocycles. The maximum absolute atomic E-state index is 11.5. The molecule has 2 aromatic rings. The molecule has 22 heavy (non-hydrogen) atoms. The van der Waals surface area contributed by atoms with E-state index < -0.39 is 0 Å². The van der Waals surface area contributed by atoms with E-state index in [-0.39, 0.29) is 10.6 Å². The summed E-state index contributed by atoms with van der Waals surface area (Å²) < 4.78 is 0. The Morgan fingerprint density at radius 1 is 1.32 bits per heavy atom. The SMILES string of the molecule is Cc1cc(Cl)ccc1C1=CCN(c2cn[nH]c(=O)c2Cl)CC1. The van der Waals surface area contributed by atoms with Crippen LogP contribution >= 0.6 is 23.2 Å². The fourth-order valence-electron chi connectivity index (χ4n) is 2.71. The predicted molar refractivity (Wildman–Crippen MR) is 90.9 cm³/mol. The molecule has 0 spiro atoms. The van der Waals surface area contributed by atoms with Gasteiger partial charge in [0, 0.05) is 18.1 Å². The van der Waals surface area contributed by atoms with E-state index in [4.69, 9.17) is 23.2 Å². The summed E-state index contributed by atoms with van der Waals surface area (Å²) in [6.45, 7) is 3.55. The average molecular weight is 336 g/mol. The Bertz CT molecular complexity index is 798. The fraction of sp³-hybridized carbons (Fsp3) is 0.250. The molecule has 1 aliphatic rings. The largest absolute Gasteiger partial charge is 0.365 e. The lowest BCUT2D eigenvalue weighted by atomic mass is 9.95. The van der Waals surface area contributed by atoms with E-state index in [0.717, 1.165) is 18.0 Å². The molecule has 3 rings (SSSR count). The summed E-state index contributed by atoms with van der Waals surface area (Å²) >= 11 is 12.1. The Morgan fingerprint density at radius 2 is 2.14 bits per heavy atom. The van der Waals surface area contributed by atoms with Gasteiger partial charge in [-0.25, -0.2) is 5.10 Å². The van der Waals surface area contributed by atoms with Crippen molar-refractivity contribution in [3.05, 3.63) is 62.0 Å². The van der Waals surface area contributed by atoms with Gasteiger partial charge in [0.15, 0.2) is 0 Å². The first kappa shape index (κ1) is 15.1. The zero-order valence-corrected chi connectivity index (χ0v) is 13.6. The van der Waals surface area contributed by atoms with Crippen LogP contribution in [0.3, 0.4) is 0 Å². The second-order valence-electron chi connectivity index (χ2n) is 5.28. The number of halogens is 2. The lowest BCUT2D eigenvalue weighted by Crippen LogP contribution is -2.30. The Hall–Kier alpha value is -1.78. The van der Waals surface area contributed by atoms with Crippen LogP contribution in [0.1, 0.15) is 17.5 Å². The molecule has 1 aromatic heterocycles. The summed E-state index contributed by atoms with van der Waals surface area (Å²) in [5.41, 5.74) is 4.00. The number of nitrogens with zero attached hydrogens (tertiary/aromatic N) is 2. The van der Waals surface area contributed by atoms with Gasteiger partial charge in [0.1, 0.15) is 5.02 Å². The molecule has 0 fully saturated rings. The quantitative estimate of drug-likeness (QED) is 0.910. The molecule has 0 radical (unpaired) electrons. The zero-order chi connectivity index (χ0) is 15.7. The van der Waals surface area contributed by atoms with Crippen molar-refractivity contribution in [1.29, 1.82) is 0 Å². The molecule has 0 amide bonds. The maximum atomic E-state index is 11.5. The topological polar surface area (TPSA) is 49.0 Å². The van der Waals surface area contributed by atoms with E-state index in [1.165, 1.54) is 16.7 Å². The fourth-order valence-corrected chi connectivity index (χ4v) is 3.15. The van der Waals surface area contributed by atoms with Crippen molar-refractivity contribution in [3.8, 4) is 0 Å². The molecule has 6 heteroatoms. The minimum atomic E-state index is -0.359. The Kier molecular flexibility index (Phi) is 4.23. The number of hydrogen-bond donors (Lipinski definition) is 1. The van der Waals surface area contributed by atoms with Gasteiger partial charge < -0.3 is 4.90 Å². The summed E-state index contributed by atoms with van der Waals surface area (Å²) in [6.07, 6.45) is 4.64. The van der Waals surface area contributed by atoms with Crippen LogP contribution in [-0.4, -0.2) is 23.3 Å². The molecule has 2 heterocycles. The highest BCUT2D eigenvalue weighted by molar-refractivity contribution is 6.33. The van der Waals surface area contributed by atoms with Gasteiger partial charge in [-0.1, -0.05) is 35.3 Å². The number of rotatable bonds is 2. The standard InChI is InChI=1S/C16H15Cl2N3O/c1-10-8-12(17)2-3-13(10)11-4-6-21(7-5-11)14-9-19-20-16(22)15(14)18/h2-4,8-9H,5-7H2,1H3,(H,20,22). The lowest BCUT2D eigenvalue weighted by molar-refractivity contribution is 0.820. The first-order valence-corrected chi connectivity index (χ1v) is 7.75. The summed E-state index contributed by atoms with van der Waals surface area (Å²) in [5.74, 6) is 0. The molecule has 1 N–H and O–H groups in total. The van der Waals surface area contributed by atoms with Gasteiger partial charge in [0.2, 0.25) is 0 Å². The maximum Gasteiger partial charge on any atom is 0.285 e. The molecular formula is C16H15Cl2N3O. The molecule has 1 aliphatic heterocycles. The van der Waals surface area contributed by atoms with Crippen LogP contribution in [0.2, 0.25) is 10.0 Å². The van der Waals surface area contributed by atoms with Crippen LogP contribution in [0.4, 0.5) is 5.69 Å². The van der Waals surface area contributed by atoms with Crippen molar-refractivity contribution in [2.75, 3.05) is 18.0 Å². The Labute approximate surface area is 138 Å². The van der Waals surface area contributed by atoms with E-state index in [9.17, 15) is 4.79 Å². The third kappa shape index (κ3) is 2.89. The third-order valence-corrected chi connectivity index (χ3v) is 4.46. The van der Waals surface area contributed by atoms with E-state index >= 15 is 0 Å². The number of aromatic nitrogens is 2. The first-order valence-electron chi connectivity index (χ1n) is 7.00. The molecule has 0 unspecified atom stereocenters. The molecule has 4 nitrogen and oxygen atoms in total. The van der Waals surface area contributed by atoms with Crippen molar-refractivity contribution in [1.82, 2.24) is 10.2 Å². The molecule has 0 saturated heterocycles. The van der Waals surface area contributed by atoms with Crippen LogP contribution in [-0.2, 0) is 0 Å². The number of anilines is 1. The summed E-state index contributed by atoms with van der Waals surface area (Å²) in [4.78, 5) is 13.6. The van der Waals surface area contributed by atoms with Gasteiger partial charge in [-0.15, -0.1) is 0 Å². The number of aromatic amines is 1. The summed E-state index contributed by atoms with van der Waals surface area (Å²) in [7, 11) is 0. The van der Waals surface area contributed by atoms with Crippen molar-refractivity contribution >= 4 is 34.5 Å². The van der Waals surface area contributed by atoms with E-state index in [1.807, 2.05) is 12.1 Å². The number of aryl methyl sites for hydroxylation is 1. The van der Waals surface area contributed by atoms with Crippen molar-refractivity contribution in [2.24, 2.45) is 0 Å². The van der Waals surface area contributed by atoms with Gasteiger partial charge in [0.05, 0.1) is 11.9 Å². The normalized spacial score (nSPS) is 14.9. The van der Waals surface area contributed by atoms with Crippen LogP contribution in [0.15, 0.2) is 35.3 Å². The molecule has 0 saturated carbocycles. The molecule has 0 bridgehead atoms. The lowest BCUT2D eigenvalue weighted by Gasteiger charge is -2.29. The number of H-pyrrole nitrogens is 1. The highest BCUT2D eigenvalue weighted by atomic mass is 35.5. The van der Waals surface area contributed by atoms with Crippen LogP contribution in [0.5, 0.6) is 0 Å². The summed E-state index contributed by atoms with van der Waals surface area (Å²) in [6, 6.07) is 5.94. The number of benzene rings is 1. The second-order valence-corrected chi connectivity index (χ2v) is 6.10. The Morgan fingerprint density at radius 3 is 2.82 bits per heavy atom. The van der Waals surface area contributed by atoms with Crippen LogP contribution in [0, 0.1) is 6.92 Å². The van der Waals surface area contributed by atoms with E-state index in [1.54, 1.807) is 6.20 Å². The summed E-state index contributed by atoms with van der Waals surface area (Å²) in [5, 5.41) is 7.10. The van der Waals surface area contributed by atoms with Crippen molar-refractivity contribution in [3.63, 3.8) is 0 Å². The van der Waals surface area contributed by atoms with E-state index in [0.29, 0.717) is 12.2 Å². The minimum absolute atomic E-state index is 0.189. The van der Waals surface area contributed by atoms with Gasteiger partial charge >= 0.3 is 0 Å². The Balaban J connectivity index is 1.85. The minimum Gasteiger partial charge on any atom is -0.365 e. The molecule has 1 aromatic carbocycles. The third-order valence-electron chi connectivity index (χ3n) is 3.86. The van der Waals surface area contributed by atoms with Gasteiger partial charge in [0.25, 0.3) is 5.56 Å². The predicted octanol–water partition coefficient (Wildman–Crippen LogP) is 3.68. The van der Waals surface area contributed by atoms with Crippen molar-refractivity contribution in [2.45, 2.75) is 13.3 Å². The van der Waals surface area contributed by atoms with Gasteiger partial charge in [-0.3, -0.25) is 4.79 Å². The number of nitrogens with one attached hydrogen (secondary N) is 1. The van der Waals surface area contributed by atoms with Gasteiger partial charge in [-0.2, -0.15) is 5.10 Å². The monoisotopic (exact) mass is 335 g/mol. The smallest absolute Gasteiger partial charge is 0.285 e. The molecular weight excluding hydrogens is 321 g/mol.